The number of hydrogen-bond acceptors (Lipinski definition) is 3. The minimum atomic E-state index is -0.545. The highest BCUT2D eigenvalue weighted by Crippen LogP contribution is 2.26. The van der Waals surface area contributed by atoms with E-state index in [2.05, 4.69) is 5.32 Å². The molecule has 1 aliphatic rings. The fourth-order valence-electron chi connectivity index (χ4n) is 4.39. The SMILES string of the molecule is CC[C@H](C(=O)NC1CCCC1)N(Cc1ccc(C)cc1)C(=O)COc1cc(C)c(Cl)c(C)c1. The van der Waals surface area contributed by atoms with Crippen LogP contribution in [0.15, 0.2) is 36.4 Å². The molecule has 0 radical (unpaired) electrons. The van der Waals surface area contributed by atoms with Gasteiger partial charge in [0.1, 0.15) is 11.8 Å². The van der Waals surface area contributed by atoms with Crippen LogP contribution in [-0.4, -0.2) is 35.4 Å². The van der Waals surface area contributed by atoms with E-state index >= 15 is 0 Å². The molecule has 1 atom stereocenters. The van der Waals surface area contributed by atoms with Gasteiger partial charge in [-0.2, -0.15) is 0 Å². The van der Waals surface area contributed by atoms with Crippen LogP contribution < -0.4 is 10.1 Å². The van der Waals surface area contributed by atoms with E-state index in [1.165, 1.54) is 0 Å². The summed E-state index contributed by atoms with van der Waals surface area (Å²) in [4.78, 5) is 28.2. The average Bonchev–Trinajstić information content (AvgIpc) is 3.29. The molecule has 1 fully saturated rings. The van der Waals surface area contributed by atoms with Crippen molar-refractivity contribution in [2.45, 2.75) is 78.4 Å². The summed E-state index contributed by atoms with van der Waals surface area (Å²) >= 11 is 6.25. The molecule has 5 nitrogen and oxygen atoms in total. The van der Waals surface area contributed by atoms with Crippen LogP contribution in [0.1, 0.15) is 61.3 Å². The number of carbonyl (C=O) groups is 2. The smallest absolute Gasteiger partial charge is 0.261 e. The van der Waals surface area contributed by atoms with Crippen molar-refractivity contribution < 1.29 is 14.3 Å². The van der Waals surface area contributed by atoms with E-state index in [4.69, 9.17) is 16.3 Å². The van der Waals surface area contributed by atoms with Crippen LogP contribution in [-0.2, 0) is 16.1 Å². The number of nitrogens with one attached hydrogen (secondary N) is 1. The third kappa shape index (κ3) is 6.73. The lowest BCUT2D eigenvalue weighted by molar-refractivity contribution is -0.143. The first-order valence-corrected chi connectivity index (χ1v) is 12.2. The van der Waals surface area contributed by atoms with Crippen molar-refractivity contribution in [1.29, 1.82) is 0 Å². The van der Waals surface area contributed by atoms with Gasteiger partial charge in [0.15, 0.2) is 6.61 Å². The van der Waals surface area contributed by atoms with E-state index in [-0.39, 0.29) is 24.5 Å². The van der Waals surface area contributed by atoms with E-state index in [0.717, 1.165) is 47.9 Å². The highest BCUT2D eigenvalue weighted by atomic mass is 35.5. The van der Waals surface area contributed by atoms with Crippen LogP contribution in [0.3, 0.4) is 0 Å². The van der Waals surface area contributed by atoms with Gasteiger partial charge in [-0.15, -0.1) is 0 Å². The summed E-state index contributed by atoms with van der Waals surface area (Å²) in [6.07, 6.45) is 4.83. The van der Waals surface area contributed by atoms with Gasteiger partial charge in [0, 0.05) is 17.6 Å². The zero-order valence-electron chi connectivity index (χ0n) is 20.1. The van der Waals surface area contributed by atoms with Crippen LogP contribution in [0.5, 0.6) is 5.75 Å². The van der Waals surface area contributed by atoms with Gasteiger partial charge in [0.2, 0.25) is 5.91 Å². The van der Waals surface area contributed by atoms with Gasteiger partial charge in [-0.1, -0.05) is 61.2 Å². The molecule has 0 spiro atoms. The van der Waals surface area contributed by atoms with Crippen LogP contribution in [0.4, 0.5) is 0 Å². The first-order chi connectivity index (χ1) is 15.8. The monoisotopic (exact) mass is 470 g/mol. The second-order valence-corrected chi connectivity index (χ2v) is 9.46. The lowest BCUT2D eigenvalue weighted by atomic mass is 10.1. The van der Waals surface area contributed by atoms with Gasteiger partial charge < -0.3 is 15.0 Å². The Labute approximate surface area is 202 Å². The summed E-state index contributed by atoms with van der Waals surface area (Å²) in [6, 6.07) is 11.4. The molecule has 2 amide bonds. The maximum atomic E-state index is 13.4. The fraction of sp³-hybridized carbons (Fsp3) is 0.481. The lowest BCUT2D eigenvalue weighted by Gasteiger charge is -2.31. The fourth-order valence-corrected chi connectivity index (χ4v) is 4.50. The minimum Gasteiger partial charge on any atom is -0.484 e. The summed E-state index contributed by atoms with van der Waals surface area (Å²) in [5, 5.41) is 3.87. The molecular formula is C27H35ClN2O3. The highest BCUT2D eigenvalue weighted by molar-refractivity contribution is 6.32. The van der Waals surface area contributed by atoms with Crippen molar-refractivity contribution in [3.05, 3.63) is 63.7 Å². The van der Waals surface area contributed by atoms with Crippen LogP contribution in [0, 0.1) is 20.8 Å². The van der Waals surface area contributed by atoms with Crippen LogP contribution in [0.25, 0.3) is 0 Å². The van der Waals surface area contributed by atoms with Crippen molar-refractivity contribution in [1.82, 2.24) is 10.2 Å². The molecule has 2 aromatic carbocycles. The number of rotatable bonds is 9. The second kappa shape index (κ2) is 11.6. The normalized spacial score (nSPS) is 14.7. The Morgan fingerprint density at radius 2 is 1.70 bits per heavy atom. The third-order valence-electron chi connectivity index (χ3n) is 6.33. The topological polar surface area (TPSA) is 58.6 Å². The third-order valence-corrected chi connectivity index (χ3v) is 6.93. The number of nitrogens with zero attached hydrogens (tertiary/aromatic N) is 1. The largest absolute Gasteiger partial charge is 0.484 e. The molecule has 0 saturated heterocycles. The van der Waals surface area contributed by atoms with E-state index in [9.17, 15) is 9.59 Å². The summed E-state index contributed by atoms with van der Waals surface area (Å²) in [5.74, 6) is 0.304. The van der Waals surface area contributed by atoms with E-state index < -0.39 is 6.04 Å². The van der Waals surface area contributed by atoms with Crippen LogP contribution in [0.2, 0.25) is 5.02 Å². The zero-order valence-corrected chi connectivity index (χ0v) is 20.9. The summed E-state index contributed by atoms with van der Waals surface area (Å²) in [5.41, 5.74) is 3.94. The molecule has 1 N–H and O–H groups in total. The van der Waals surface area contributed by atoms with E-state index in [1.54, 1.807) is 4.90 Å². The zero-order chi connectivity index (χ0) is 24.0. The van der Waals surface area contributed by atoms with Gasteiger partial charge >= 0.3 is 0 Å². The van der Waals surface area contributed by atoms with Gasteiger partial charge in [0.25, 0.3) is 5.91 Å². The van der Waals surface area contributed by atoms with Crippen molar-refractivity contribution in [2.75, 3.05) is 6.61 Å². The number of benzene rings is 2. The Bertz CT molecular complexity index is 945. The molecule has 1 saturated carbocycles. The molecule has 3 rings (SSSR count). The molecule has 1 aliphatic carbocycles. The van der Waals surface area contributed by atoms with E-state index in [1.807, 2.05) is 64.1 Å². The number of carbonyl (C=O) groups excluding carboxylic acids is 2. The number of ether oxygens (including phenoxy) is 1. The van der Waals surface area contributed by atoms with Crippen molar-refractivity contribution >= 4 is 23.4 Å². The molecule has 178 valence electrons. The predicted octanol–water partition coefficient (Wildman–Crippen LogP) is 5.51. The Balaban J connectivity index is 1.77. The standard InChI is InChI=1S/C27H35ClN2O3/c1-5-24(27(32)29-22-8-6-7-9-22)30(16-21-12-10-18(2)11-13-21)25(31)17-33-23-14-19(3)26(28)20(4)15-23/h10-15,22,24H,5-9,16-17H2,1-4H3,(H,29,32)/t24-/m1/s1. The lowest BCUT2D eigenvalue weighted by Crippen LogP contribution is -2.52. The quantitative estimate of drug-likeness (QED) is 0.525. The predicted molar refractivity (Wildman–Crippen MR) is 133 cm³/mol. The molecule has 0 bridgehead atoms. The highest BCUT2D eigenvalue weighted by Gasteiger charge is 2.30. The molecular weight excluding hydrogens is 436 g/mol. The number of hydrogen-bond donors (Lipinski definition) is 1. The van der Waals surface area contributed by atoms with Gasteiger partial charge in [-0.05, 0) is 68.9 Å². The molecule has 0 heterocycles. The number of halogens is 1. The molecule has 6 heteroatoms. The molecule has 0 aromatic heterocycles. The maximum absolute atomic E-state index is 13.4. The first kappa shape index (κ1) is 25.1. The number of amides is 2. The molecule has 0 aliphatic heterocycles. The maximum Gasteiger partial charge on any atom is 0.261 e. The Kier molecular flexibility index (Phi) is 8.79. The first-order valence-electron chi connectivity index (χ1n) is 11.8. The molecule has 0 unspecified atom stereocenters. The molecule has 33 heavy (non-hydrogen) atoms. The van der Waals surface area contributed by atoms with Crippen molar-refractivity contribution in [3.63, 3.8) is 0 Å². The minimum absolute atomic E-state index is 0.0805. The second-order valence-electron chi connectivity index (χ2n) is 9.08. The van der Waals surface area contributed by atoms with Gasteiger partial charge in [-0.3, -0.25) is 9.59 Å². The number of aryl methyl sites for hydroxylation is 3. The Hall–Kier alpha value is -2.53. The van der Waals surface area contributed by atoms with Gasteiger partial charge in [-0.25, -0.2) is 0 Å². The summed E-state index contributed by atoms with van der Waals surface area (Å²) < 4.78 is 5.85. The van der Waals surface area contributed by atoms with Crippen molar-refractivity contribution in [3.8, 4) is 5.75 Å². The van der Waals surface area contributed by atoms with Gasteiger partial charge in [0.05, 0.1) is 0 Å². The Morgan fingerprint density at radius 3 is 2.27 bits per heavy atom. The molecule has 2 aromatic rings. The summed E-state index contributed by atoms with van der Waals surface area (Å²) in [7, 11) is 0. The summed E-state index contributed by atoms with van der Waals surface area (Å²) in [6.45, 7) is 8.02. The van der Waals surface area contributed by atoms with Crippen LogP contribution >= 0.6 is 11.6 Å². The Morgan fingerprint density at radius 1 is 1.09 bits per heavy atom. The average molecular weight is 471 g/mol. The van der Waals surface area contributed by atoms with E-state index in [0.29, 0.717) is 23.7 Å². The van der Waals surface area contributed by atoms with Crippen molar-refractivity contribution in [2.24, 2.45) is 0 Å².